The van der Waals surface area contributed by atoms with Crippen molar-refractivity contribution < 1.29 is 26.9 Å². The zero-order chi connectivity index (χ0) is 15.7. The summed E-state index contributed by atoms with van der Waals surface area (Å²) in [5.41, 5.74) is 1.07. The van der Waals surface area contributed by atoms with E-state index in [1.807, 2.05) is 30.3 Å². The summed E-state index contributed by atoms with van der Waals surface area (Å²) in [7, 11) is -3.66. The zero-order valence-corrected chi connectivity index (χ0v) is 13.0. The first kappa shape index (κ1) is 17.6. The summed E-state index contributed by atoms with van der Waals surface area (Å²) in [5.74, 6) is -0.705. The number of hydrogen-bond donors (Lipinski definition) is 0. The van der Waals surface area contributed by atoms with Crippen molar-refractivity contribution in [2.75, 3.05) is 19.5 Å². The van der Waals surface area contributed by atoms with Crippen LogP contribution in [0.15, 0.2) is 30.3 Å². The van der Waals surface area contributed by atoms with Crippen molar-refractivity contribution >= 4 is 16.1 Å². The van der Waals surface area contributed by atoms with Gasteiger partial charge in [0.15, 0.2) is 6.10 Å². The van der Waals surface area contributed by atoms with Crippen molar-refractivity contribution in [3.8, 4) is 0 Å². The molecule has 0 aromatic heterocycles. The van der Waals surface area contributed by atoms with Gasteiger partial charge in [-0.15, -0.1) is 0 Å². The molecule has 0 bridgehead atoms. The fraction of sp³-hybridized carbons (Fsp3) is 0.500. The average Bonchev–Trinajstić information content (AvgIpc) is 2.41. The van der Waals surface area contributed by atoms with Crippen LogP contribution < -0.4 is 0 Å². The van der Waals surface area contributed by atoms with Crippen LogP contribution >= 0.6 is 0 Å². The highest BCUT2D eigenvalue weighted by molar-refractivity contribution is 7.86. The van der Waals surface area contributed by atoms with Gasteiger partial charge in [-0.1, -0.05) is 30.3 Å². The van der Waals surface area contributed by atoms with Crippen molar-refractivity contribution in [1.82, 2.24) is 0 Å². The minimum absolute atomic E-state index is 0.158. The molecule has 1 aromatic carbocycles. The Bertz CT molecular complexity index is 526. The summed E-state index contributed by atoms with van der Waals surface area (Å²) in [5, 5.41) is 0. The van der Waals surface area contributed by atoms with E-state index in [0.717, 1.165) is 11.8 Å². The third-order valence-corrected chi connectivity index (χ3v) is 3.08. The van der Waals surface area contributed by atoms with Gasteiger partial charge in [0.1, 0.15) is 0 Å². The molecule has 21 heavy (non-hydrogen) atoms. The Morgan fingerprint density at radius 2 is 1.86 bits per heavy atom. The van der Waals surface area contributed by atoms with E-state index in [1.54, 1.807) is 0 Å². The van der Waals surface area contributed by atoms with Crippen LogP contribution in [0.2, 0.25) is 0 Å². The summed E-state index contributed by atoms with van der Waals surface area (Å²) in [4.78, 5) is 11.4. The second-order valence-electron chi connectivity index (χ2n) is 4.50. The van der Waals surface area contributed by atoms with Gasteiger partial charge in [-0.3, -0.25) is 4.18 Å². The van der Waals surface area contributed by atoms with Gasteiger partial charge < -0.3 is 9.47 Å². The largest absolute Gasteiger partial charge is 0.464 e. The first-order chi connectivity index (χ1) is 9.88. The summed E-state index contributed by atoms with van der Waals surface area (Å²) in [6.07, 6.45) is 0.281. The highest BCUT2D eigenvalue weighted by atomic mass is 32.2. The van der Waals surface area contributed by atoms with Crippen molar-refractivity contribution in [2.24, 2.45) is 0 Å². The Morgan fingerprint density at radius 3 is 2.48 bits per heavy atom. The lowest BCUT2D eigenvalue weighted by molar-refractivity contribution is -0.151. The van der Waals surface area contributed by atoms with Crippen molar-refractivity contribution in [1.29, 1.82) is 0 Å². The normalized spacial score (nSPS) is 12.9. The molecule has 0 N–H and O–H groups in total. The molecule has 6 nitrogen and oxygen atoms in total. The van der Waals surface area contributed by atoms with Crippen LogP contribution in [0.5, 0.6) is 0 Å². The van der Waals surface area contributed by atoms with Gasteiger partial charge in [0.25, 0.3) is 10.1 Å². The summed E-state index contributed by atoms with van der Waals surface area (Å²) < 4.78 is 36.5. The van der Waals surface area contributed by atoms with Crippen LogP contribution in [0.25, 0.3) is 0 Å². The van der Waals surface area contributed by atoms with Crippen molar-refractivity contribution in [2.45, 2.75) is 26.1 Å². The van der Waals surface area contributed by atoms with Gasteiger partial charge in [-0.25, -0.2) is 4.79 Å². The first-order valence-corrected chi connectivity index (χ1v) is 8.36. The number of rotatable bonds is 9. The van der Waals surface area contributed by atoms with E-state index in [0.29, 0.717) is 19.6 Å². The highest BCUT2D eigenvalue weighted by Gasteiger charge is 2.19. The molecule has 0 aliphatic carbocycles. The molecule has 1 aromatic rings. The van der Waals surface area contributed by atoms with Crippen LogP contribution in [0.3, 0.4) is 0 Å². The van der Waals surface area contributed by atoms with Gasteiger partial charge in [0.2, 0.25) is 0 Å². The molecule has 0 saturated carbocycles. The van der Waals surface area contributed by atoms with Gasteiger partial charge in [0.05, 0.1) is 26.1 Å². The third kappa shape index (κ3) is 8.44. The second kappa shape index (κ2) is 8.76. The Balaban J connectivity index is 2.10. The standard InChI is InChI=1S/C14H20O6S/c1-12(20-21(2,16)17)14(15)19-10-6-9-18-11-13-7-4-3-5-8-13/h3-5,7-8,12H,6,9-11H2,1-2H3. The number of hydrogen-bond acceptors (Lipinski definition) is 6. The molecule has 0 aliphatic heterocycles. The Labute approximate surface area is 125 Å². The molecular formula is C14H20O6S. The molecule has 0 aliphatic rings. The maximum absolute atomic E-state index is 11.4. The minimum Gasteiger partial charge on any atom is -0.464 e. The second-order valence-corrected chi connectivity index (χ2v) is 6.10. The van der Waals surface area contributed by atoms with Gasteiger partial charge in [0, 0.05) is 6.42 Å². The monoisotopic (exact) mass is 316 g/mol. The average molecular weight is 316 g/mol. The molecule has 0 saturated heterocycles. The maximum atomic E-state index is 11.4. The summed E-state index contributed by atoms with van der Waals surface area (Å²) in [6.45, 7) is 2.44. The predicted octanol–water partition coefficient (Wildman–Crippen LogP) is 1.50. The number of carbonyl (C=O) groups is 1. The molecular weight excluding hydrogens is 296 g/mol. The molecule has 7 heteroatoms. The van der Waals surface area contributed by atoms with E-state index in [9.17, 15) is 13.2 Å². The van der Waals surface area contributed by atoms with Crippen molar-refractivity contribution in [3.05, 3.63) is 35.9 Å². The smallest absolute Gasteiger partial charge is 0.336 e. The summed E-state index contributed by atoms with van der Waals surface area (Å²) in [6, 6.07) is 9.73. The van der Waals surface area contributed by atoms with E-state index < -0.39 is 22.2 Å². The first-order valence-electron chi connectivity index (χ1n) is 6.55. The molecule has 0 amide bonds. The Hall–Kier alpha value is -1.44. The number of ether oxygens (including phenoxy) is 2. The Kier molecular flexibility index (Phi) is 7.35. The molecule has 0 fully saturated rings. The van der Waals surface area contributed by atoms with E-state index >= 15 is 0 Å². The number of carbonyl (C=O) groups excluding carboxylic acids is 1. The molecule has 1 rings (SSSR count). The van der Waals surface area contributed by atoms with Crippen LogP contribution in [0.4, 0.5) is 0 Å². The Morgan fingerprint density at radius 1 is 1.19 bits per heavy atom. The topological polar surface area (TPSA) is 78.9 Å². The lowest BCUT2D eigenvalue weighted by Gasteiger charge is -2.11. The van der Waals surface area contributed by atoms with Gasteiger partial charge in [-0.05, 0) is 12.5 Å². The van der Waals surface area contributed by atoms with Crippen LogP contribution in [0.1, 0.15) is 18.9 Å². The third-order valence-electron chi connectivity index (χ3n) is 2.44. The zero-order valence-electron chi connectivity index (χ0n) is 12.2. The SMILES string of the molecule is CC(OS(C)(=O)=O)C(=O)OCCCOCc1ccccc1. The van der Waals surface area contributed by atoms with Gasteiger partial charge in [-0.2, -0.15) is 8.42 Å². The van der Waals surface area contributed by atoms with E-state index in [2.05, 4.69) is 4.18 Å². The fourth-order valence-corrected chi connectivity index (χ4v) is 2.12. The highest BCUT2D eigenvalue weighted by Crippen LogP contribution is 2.02. The number of benzene rings is 1. The maximum Gasteiger partial charge on any atom is 0.336 e. The molecule has 0 spiro atoms. The van der Waals surface area contributed by atoms with Crippen LogP contribution in [-0.4, -0.2) is 40.0 Å². The lowest BCUT2D eigenvalue weighted by Crippen LogP contribution is -2.26. The molecule has 0 radical (unpaired) electrons. The number of esters is 1. The van der Waals surface area contributed by atoms with Crippen LogP contribution in [0, 0.1) is 0 Å². The van der Waals surface area contributed by atoms with E-state index in [-0.39, 0.29) is 6.61 Å². The molecule has 1 atom stereocenters. The lowest BCUT2D eigenvalue weighted by atomic mass is 10.2. The van der Waals surface area contributed by atoms with Crippen molar-refractivity contribution in [3.63, 3.8) is 0 Å². The summed E-state index contributed by atoms with van der Waals surface area (Å²) >= 11 is 0. The van der Waals surface area contributed by atoms with Gasteiger partial charge >= 0.3 is 5.97 Å². The van der Waals surface area contributed by atoms with E-state index in [1.165, 1.54) is 6.92 Å². The molecule has 0 heterocycles. The minimum atomic E-state index is -3.66. The molecule has 1 unspecified atom stereocenters. The van der Waals surface area contributed by atoms with E-state index in [4.69, 9.17) is 9.47 Å². The fourth-order valence-electron chi connectivity index (χ4n) is 1.52. The molecule has 118 valence electrons. The quantitative estimate of drug-likeness (QED) is 0.390. The van der Waals surface area contributed by atoms with Crippen LogP contribution in [-0.2, 0) is 35.2 Å². The predicted molar refractivity (Wildman–Crippen MR) is 77.1 cm³/mol.